The summed E-state index contributed by atoms with van der Waals surface area (Å²) < 4.78 is 0. The van der Waals surface area contributed by atoms with Crippen molar-refractivity contribution in [3.63, 3.8) is 0 Å². The van der Waals surface area contributed by atoms with E-state index in [1.165, 1.54) is 19.5 Å². The van der Waals surface area contributed by atoms with Crippen molar-refractivity contribution < 1.29 is 0 Å². The third-order valence-corrected chi connectivity index (χ3v) is 3.96. The number of piperazine rings is 1. The molecule has 0 aromatic heterocycles. The predicted octanol–water partition coefficient (Wildman–Crippen LogP) is 2.34. The molecule has 2 saturated heterocycles. The first-order chi connectivity index (χ1) is 6.69. The second-order valence-electron chi connectivity index (χ2n) is 7.19. The normalized spacial score (nSPS) is 34.0. The van der Waals surface area contributed by atoms with Gasteiger partial charge in [-0.2, -0.15) is 0 Å². The van der Waals surface area contributed by atoms with Gasteiger partial charge < -0.3 is 0 Å². The highest BCUT2D eigenvalue weighted by molar-refractivity contribution is 5.05. The van der Waals surface area contributed by atoms with E-state index in [9.17, 15) is 0 Å². The third kappa shape index (κ3) is 1.94. The van der Waals surface area contributed by atoms with Crippen LogP contribution >= 0.6 is 0 Å². The van der Waals surface area contributed by atoms with Gasteiger partial charge in [-0.25, -0.2) is 0 Å². The molecule has 2 nitrogen and oxygen atoms in total. The molecule has 2 heterocycles. The standard InChI is InChI=1S/C13H26N2/c1-12(2,3)14-8-11-7-10(14)9-15(11)13(4,5)6/h10-11H,7-9H2,1-6H3/t10-,11-/m0/s1. The van der Waals surface area contributed by atoms with Gasteiger partial charge in [0, 0.05) is 36.3 Å². The van der Waals surface area contributed by atoms with E-state index in [0.29, 0.717) is 11.1 Å². The van der Waals surface area contributed by atoms with Crippen LogP contribution in [0.2, 0.25) is 0 Å². The molecule has 0 N–H and O–H groups in total. The first-order valence-electron chi connectivity index (χ1n) is 6.23. The van der Waals surface area contributed by atoms with Crippen molar-refractivity contribution in [2.24, 2.45) is 0 Å². The van der Waals surface area contributed by atoms with Crippen molar-refractivity contribution >= 4 is 0 Å². The Kier molecular flexibility index (Phi) is 2.44. The summed E-state index contributed by atoms with van der Waals surface area (Å²) in [6.07, 6.45) is 1.38. The zero-order chi connectivity index (χ0) is 11.4. The number of hydrogen-bond donors (Lipinski definition) is 0. The Bertz CT molecular complexity index is 220. The second kappa shape index (κ2) is 3.21. The van der Waals surface area contributed by atoms with Crippen LogP contribution in [-0.4, -0.2) is 46.1 Å². The van der Waals surface area contributed by atoms with Crippen LogP contribution in [0, 0.1) is 0 Å². The minimum Gasteiger partial charge on any atom is -0.293 e. The SMILES string of the molecule is CC(C)(C)N1C[C@@H]2C[C@H]1CN2C(C)(C)C. The molecule has 0 saturated carbocycles. The van der Waals surface area contributed by atoms with Crippen molar-refractivity contribution in [2.45, 2.75) is 71.1 Å². The number of rotatable bonds is 0. The summed E-state index contributed by atoms with van der Waals surface area (Å²) in [6.45, 7) is 16.6. The van der Waals surface area contributed by atoms with Gasteiger partial charge in [0.1, 0.15) is 0 Å². The molecular formula is C13H26N2. The number of nitrogens with zero attached hydrogens (tertiary/aromatic N) is 2. The van der Waals surface area contributed by atoms with Gasteiger partial charge in [-0.15, -0.1) is 0 Å². The lowest BCUT2D eigenvalue weighted by molar-refractivity contribution is 0.0179. The Morgan fingerprint density at radius 1 is 0.733 bits per heavy atom. The molecule has 0 aromatic carbocycles. The van der Waals surface area contributed by atoms with Gasteiger partial charge in [-0.05, 0) is 48.0 Å². The van der Waals surface area contributed by atoms with Gasteiger partial charge in [0.2, 0.25) is 0 Å². The fourth-order valence-corrected chi connectivity index (χ4v) is 3.31. The van der Waals surface area contributed by atoms with Crippen LogP contribution in [0.5, 0.6) is 0 Å². The van der Waals surface area contributed by atoms with Crippen molar-refractivity contribution in [1.29, 1.82) is 0 Å². The second-order valence-corrected chi connectivity index (χ2v) is 7.19. The third-order valence-electron chi connectivity index (χ3n) is 3.96. The van der Waals surface area contributed by atoms with E-state index in [1.807, 2.05) is 0 Å². The Hall–Kier alpha value is -0.0800. The van der Waals surface area contributed by atoms with Crippen LogP contribution in [0.1, 0.15) is 48.0 Å². The smallest absolute Gasteiger partial charge is 0.0244 e. The Balaban J connectivity index is 2.07. The highest BCUT2D eigenvalue weighted by atomic mass is 15.4. The van der Waals surface area contributed by atoms with E-state index in [1.54, 1.807) is 0 Å². The van der Waals surface area contributed by atoms with Crippen LogP contribution < -0.4 is 0 Å². The summed E-state index contributed by atoms with van der Waals surface area (Å²) in [6, 6.07) is 1.60. The quantitative estimate of drug-likeness (QED) is 0.605. The van der Waals surface area contributed by atoms with E-state index in [0.717, 1.165) is 12.1 Å². The summed E-state index contributed by atoms with van der Waals surface area (Å²) in [5.74, 6) is 0. The van der Waals surface area contributed by atoms with E-state index in [2.05, 4.69) is 51.3 Å². The summed E-state index contributed by atoms with van der Waals surface area (Å²) >= 11 is 0. The lowest BCUT2D eigenvalue weighted by Gasteiger charge is -2.46. The van der Waals surface area contributed by atoms with Gasteiger partial charge >= 0.3 is 0 Å². The summed E-state index contributed by atoms with van der Waals surface area (Å²) in [7, 11) is 0. The van der Waals surface area contributed by atoms with Crippen LogP contribution in [0.4, 0.5) is 0 Å². The minimum absolute atomic E-state index is 0.351. The first kappa shape index (κ1) is 11.4. The minimum atomic E-state index is 0.351. The fraction of sp³-hybridized carbons (Fsp3) is 1.00. The Morgan fingerprint density at radius 3 is 1.27 bits per heavy atom. The number of fused-ring (bicyclic) bond motifs is 2. The maximum atomic E-state index is 2.69. The molecule has 2 aliphatic rings. The molecule has 88 valence electrons. The van der Waals surface area contributed by atoms with E-state index < -0.39 is 0 Å². The maximum absolute atomic E-state index is 2.69. The first-order valence-corrected chi connectivity index (χ1v) is 6.23. The molecule has 2 fully saturated rings. The Labute approximate surface area is 94.6 Å². The van der Waals surface area contributed by atoms with Gasteiger partial charge in [0.25, 0.3) is 0 Å². The van der Waals surface area contributed by atoms with Gasteiger partial charge in [0.15, 0.2) is 0 Å². The summed E-state index contributed by atoms with van der Waals surface area (Å²) in [5.41, 5.74) is 0.701. The lowest BCUT2D eigenvalue weighted by Crippen LogP contribution is -2.57. The van der Waals surface area contributed by atoms with Crippen molar-refractivity contribution in [3.05, 3.63) is 0 Å². The van der Waals surface area contributed by atoms with E-state index >= 15 is 0 Å². The van der Waals surface area contributed by atoms with Crippen molar-refractivity contribution in [1.82, 2.24) is 9.80 Å². The topological polar surface area (TPSA) is 6.48 Å². The molecule has 0 aliphatic carbocycles. The molecule has 0 aromatic rings. The lowest BCUT2D eigenvalue weighted by atomic mass is 10.0. The molecule has 2 aliphatic heterocycles. The molecule has 0 amide bonds. The van der Waals surface area contributed by atoms with Crippen molar-refractivity contribution in [3.8, 4) is 0 Å². The van der Waals surface area contributed by atoms with E-state index in [4.69, 9.17) is 0 Å². The number of hydrogen-bond acceptors (Lipinski definition) is 2. The van der Waals surface area contributed by atoms with Gasteiger partial charge in [-0.1, -0.05) is 0 Å². The molecule has 0 radical (unpaired) electrons. The predicted molar refractivity (Wildman–Crippen MR) is 65.1 cm³/mol. The maximum Gasteiger partial charge on any atom is 0.0244 e. The molecule has 0 spiro atoms. The van der Waals surface area contributed by atoms with Crippen LogP contribution in [0.15, 0.2) is 0 Å². The average molecular weight is 210 g/mol. The highest BCUT2D eigenvalue weighted by Crippen LogP contribution is 2.38. The van der Waals surface area contributed by atoms with Crippen LogP contribution in [-0.2, 0) is 0 Å². The molecule has 2 atom stereocenters. The molecule has 2 rings (SSSR count). The average Bonchev–Trinajstić information content (AvgIpc) is 2.57. The highest BCUT2D eigenvalue weighted by Gasteiger charge is 2.49. The number of likely N-dealkylation sites (tertiary alicyclic amines) is 2. The molecule has 2 heteroatoms. The molecule has 2 bridgehead atoms. The molecular weight excluding hydrogens is 184 g/mol. The molecule has 0 unspecified atom stereocenters. The van der Waals surface area contributed by atoms with Gasteiger partial charge in [0.05, 0.1) is 0 Å². The monoisotopic (exact) mass is 210 g/mol. The summed E-state index contributed by atoms with van der Waals surface area (Å²) in [4.78, 5) is 5.39. The largest absolute Gasteiger partial charge is 0.293 e. The molecule has 15 heavy (non-hydrogen) atoms. The zero-order valence-corrected chi connectivity index (χ0v) is 11.2. The Morgan fingerprint density at radius 2 is 1.07 bits per heavy atom. The fourth-order valence-electron chi connectivity index (χ4n) is 3.31. The zero-order valence-electron chi connectivity index (χ0n) is 11.2. The van der Waals surface area contributed by atoms with Gasteiger partial charge in [-0.3, -0.25) is 9.80 Å². The van der Waals surface area contributed by atoms with Crippen LogP contribution in [0.3, 0.4) is 0 Å². The van der Waals surface area contributed by atoms with Crippen molar-refractivity contribution in [2.75, 3.05) is 13.1 Å². The van der Waals surface area contributed by atoms with E-state index in [-0.39, 0.29) is 0 Å². The summed E-state index contributed by atoms with van der Waals surface area (Å²) in [5, 5.41) is 0. The van der Waals surface area contributed by atoms with Crippen LogP contribution in [0.25, 0.3) is 0 Å².